The molecule has 4 heteroatoms. The van der Waals surface area contributed by atoms with E-state index in [1.54, 1.807) is 19.1 Å². The molecule has 0 aliphatic carbocycles. The van der Waals surface area contributed by atoms with Crippen LogP contribution in [0.4, 0.5) is 0 Å². The summed E-state index contributed by atoms with van der Waals surface area (Å²) in [6, 6.07) is 7.28. The Labute approximate surface area is 102 Å². The second-order valence-corrected chi connectivity index (χ2v) is 3.57. The van der Waals surface area contributed by atoms with Gasteiger partial charge in [-0.1, -0.05) is 12.1 Å². The molecule has 1 aromatic rings. The average Bonchev–Trinajstić information content (AvgIpc) is 2.36. The number of esters is 1. The first-order valence-electron chi connectivity index (χ1n) is 5.76. The molecule has 1 rings (SSSR count). The predicted octanol–water partition coefficient (Wildman–Crippen LogP) is 1.60. The Kier molecular flexibility index (Phi) is 6.29. The first kappa shape index (κ1) is 13.7. The third-order valence-corrected chi connectivity index (χ3v) is 2.23. The molecule has 0 aromatic heterocycles. The SMILES string of the molecule is CCOC(=O)c1ccc(COCCNC)cc1. The zero-order valence-electron chi connectivity index (χ0n) is 10.4. The number of likely N-dealkylation sites (N-methyl/N-ethyl adjacent to an activating group) is 1. The van der Waals surface area contributed by atoms with Crippen LogP contribution in [0.15, 0.2) is 24.3 Å². The van der Waals surface area contributed by atoms with E-state index in [2.05, 4.69) is 5.32 Å². The van der Waals surface area contributed by atoms with E-state index in [1.807, 2.05) is 19.2 Å². The Bertz CT molecular complexity index is 335. The van der Waals surface area contributed by atoms with E-state index in [-0.39, 0.29) is 5.97 Å². The summed E-state index contributed by atoms with van der Waals surface area (Å²) in [7, 11) is 1.89. The highest BCUT2D eigenvalue weighted by Crippen LogP contribution is 2.07. The van der Waals surface area contributed by atoms with E-state index >= 15 is 0 Å². The number of carbonyl (C=O) groups excluding carboxylic acids is 1. The van der Waals surface area contributed by atoms with Gasteiger partial charge in [-0.05, 0) is 31.7 Å². The fourth-order valence-corrected chi connectivity index (χ4v) is 1.32. The second-order valence-electron chi connectivity index (χ2n) is 3.57. The number of benzene rings is 1. The zero-order chi connectivity index (χ0) is 12.5. The number of hydrogen-bond donors (Lipinski definition) is 1. The first-order valence-corrected chi connectivity index (χ1v) is 5.76. The van der Waals surface area contributed by atoms with E-state index in [1.165, 1.54) is 0 Å². The van der Waals surface area contributed by atoms with Crippen LogP contribution in [0, 0.1) is 0 Å². The summed E-state index contributed by atoms with van der Waals surface area (Å²) in [5, 5.41) is 3.01. The van der Waals surface area contributed by atoms with Gasteiger partial charge in [-0.2, -0.15) is 0 Å². The molecular formula is C13H19NO3. The molecule has 0 aliphatic rings. The maximum atomic E-state index is 11.4. The van der Waals surface area contributed by atoms with Crippen LogP contribution in [0.25, 0.3) is 0 Å². The van der Waals surface area contributed by atoms with Gasteiger partial charge in [-0.25, -0.2) is 4.79 Å². The van der Waals surface area contributed by atoms with Crippen LogP contribution >= 0.6 is 0 Å². The minimum absolute atomic E-state index is 0.282. The van der Waals surface area contributed by atoms with Crippen molar-refractivity contribution in [3.63, 3.8) is 0 Å². The summed E-state index contributed by atoms with van der Waals surface area (Å²) in [4.78, 5) is 11.4. The maximum Gasteiger partial charge on any atom is 0.338 e. The first-order chi connectivity index (χ1) is 8.27. The summed E-state index contributed by atoms with van der Waals surface area (Å²) in [6.07, 6.45) is 0. The number of rotatable bonds is 7. The largest absolute Gasteiger partial charge is 0.462 e. The summed E-state index contributed by atoms with van der Waals surface area (Å²) in [5.41, 5.74) is 1.62. The van der Waals surface area contributed by atoms with Crippen molar-refractivity contribution in [2.45, 2.75) is 13.5 Å². The second kappa shape index (κ2) is 7.81. The molecule has 0 atom stereocenters. The summed E-state index contributed by atoms with van der Waals surface area (Å²) >= 11 is 0. The summed E-state index contributed by atoms with van der Waals surface area (Å²) in [6.45, 7) is 4.26. The Morgan fingerprint density at radius 2 is 2.00 bits per heavy atom. The van der Waals surface area contributed by atoms with Crippen molar-refractivity contribution < 1.29 is 14.3 Å². The predicted molar refractivity (Wildman–Crippen MR) is 66.0 cm³/mol. The van der Waals surface area contributed by atoms with Gasteiger partial charge in [0.25, 0.3) is 0 Å². The summed E-state index contributed by atoms with van der Waals surface area (Å²) in [5.74, 6) is -0.282. The topological polar surface area (TPSA) is 47.6 Å². The average molecular weight is 237 g/mol. The number of carbonyl (C=O) groups is 1. The van der Waals surface area contributed by atoms with Crippen LogP contribution in [0.1, 0.15) is 22.8 Å². The lowest BCUT2D eigenvalue weighted by Gasteiger charge is -2.05. The molecule has 4 nitrogen and oxygen atoms in total. The lowest BCUT2D eigenvalue weighted by molar-refractivity contribution is 0.0526. The Morgan fingerprint density at radius 1 is 1.29 bits per heavy atom. The molecule has 0 saturated carbocycles. The molecule has 0 unspecified atom stereocenters. The van der Waals surface area contributed by atoms with Crippen LogP contribution in [-0.4, -0.2) is 32.8 Å². The monoisotopic (exact) mass is 237 g/mol. The molecule has 0 radical (unpaired) electrons. The van der Waals surface area contributed by atoms with Gasteiger partial charge in [0.05, 0.1) is 25.4 Å². The Hall–Kier alpha value is -1.39. The minimum Gasteiger partial charge on any atom is -0.462 e. The molecule has 1 N–H and O–H groups in total. The highest BCUT2D eigenvalue weighted by Gasteiger charge is 2.05. The third kappa shape index (κ3) is 4.97. The van der Waals surface area contributed by atoms with Crippen LogP contribution in [0.2, 0.25) is 0 Å². The molecule has 0 saturated heterocycles. The maximum absolute atomic E-state index is 11.4. The fourth-order valence-electron chi connectivity index (χ4n) is 1.32. The molecule has 0 amide bonds. The third-order valence-electron chi connectivity index (χ3n) is 2.23. The van der Waals surface area contributed by atoms with E-state index in [0.717, 1.165) is 12.1 Å². The van der Waals surface area contributed by atoms with Gasteiger partial charge in [0.15, 0.2) is 0 Å². The van der Waals surface area contributed by atoms with Crippen LogP contribution in [-0.2, 0) is 16.1 Å². The van der Waals surface area contributed by atoms with Crippen molar-refractivity contribution in [2.75, 3.05) is 26.8 Å². The smallest absolute Gasteiger partial charge is 0.338 e. The van der Waals surface area contributed by atoms with Gasteiger partial charge in [-0.15, -0.1) is 0 Å². The van der Waals surface area contributed by atoms with E-state index in [0.29, 0.717) is 25.4 Å². The normalized spacial score (nSPS) is 10.2. The quantitative estimate of drug-likeness (QED) is 0.578. The molecule has 94 valence electrons. The lowest BCUT2D eigenvalue weighted by Crippen LogP contribution is -2.14. The van der Waals surface area contributed by atoms with Gasteiger partial charge < -0.3 is 14.8 Å². The lowest BCUT2D eigenvalue weighted by atomic mass is 10.1. The van der Waals surface area contributed by atoms with Crippen LogP contribution in [0.5, 0.6) is 0 Å². The van der Waals surface area contributed by atoms with Crippen molar-refractivity contribution >= 4 is 5.97 Å². The molecule has 0 fully saturated rings. The molecule has 0 heterocycles. The Balaban J connectivity index is 2.42. The number of nitrogens with one attached hydrogen (secondary N) is 1. The van der Waals surface area contributed by atoms with Gasteiger partial charge in [0.1, 0.15) is 0 Å². The van der Waals surface area contributed by atoms with Crippen molar-refractivity contribution in [3.05, 3.63) is 35.4 Å². The molecule has 17 heavy (non-hydrogen) atoms. The van der Waals surface area contributed by atoms with E-state index in [9.17, 15) is 4.79 Å². The minimum atomic E-state index is -0.282. The van der Waals surface area contributed by atoms with Gasteiger partial charge >= 0.3 is 5.97 Å². The van der Waals surface area contributed by atoms with Gasteiger partial charge in [-0.3, -0.25) is 0 Å². The Morgan fingerprint density at radius 3 is 2.59 bits per heavy atom. The molecule has 1 aromatic carbocycles. The van der Waals surface area contributed by atoms with Gasteiger partial charge in [0.2, 0.25) is 0 Å². The molecule has 0 bridgehead atoms. The van der Waals surface area contributed by atoms with Crippen molar-refractivity contribution in [1.82, 2.24) is 5.32 Å². The number of ether oxygens (including phenoxy) is 2. The van der Waals surface area contributed by atoms with E-state index < -0.39 is 0 Å². The van der Waals surface area contributed by atoms with Crippen molar-refractivity contribution in [2.24, 2.45) is 0 Å². The molecule has 0 spiro atoms. The summed E-state index contributed by atoms with van der Waals surface area (Å²) < 4.78 is 10.3. The fraction of sp³-hybridized carbons (Fsp3) is 0.462. The van der Waals surface area contributed by atoms with E-state index in [4.69, 9.17) is 9.47 Å². The number of hydrogen-bond acceptors (Lipinski definition) is 4. The highest BCUT2D eigenvalue weighted by molar-refractivity contribution is 5.89. The molecular weight excluding hydrogens is 218 g/mol. The highest BCUT2D eigenvalue weighted by atomic mass is 16.5. The van der Waals surface area contributed by atoms with Crippen LogP contribution in [0.3, 0.4) is 0 Å². The standard InChI is InChI=1S/C13H19NO3/c1-3-17-13(15)12-6-4-11(5-7-12)10-16-9-8-14-2/h4-7,14H,3,8-10H2,1-2H3. The zero-order valence-corrected chi connectivity index (χ0v) is 10.4. The van der Waals surface area contributed by atoms with Crippen molar-refractivity contribution in [3.8, 4) is 0 Å². The van der Waals surface area contributed by atoms with Crippen LogP contribution < -0.4 is 5.32 Å². The van der Waals surface area contributed by atoms with Crippen molar-refractivity contribution in [1.29, 1.82) is 0 Å². The van der Waals surface area contributed by atoms with Gasteiger partial charge in [0, 0.05) is 6.54 Å². The molecule has 0 aliphatic heterocycles.